The Bertz CT molecular complexity index is 1030. The van der Waals surface area contributed by atoms with Gasteiger partial charge in [-0.3, -0.25) is 9.36 Å². The Hall–Kier alpha value is -2.94. The Kier molecular flexibility index (Phi) is 5.48. The predicted octanol–water partition coefficient (Wildman–Crippen LogP) is 2.70. The quantitative estimate of drug-likeness (QED) is 0.600. The number of carbonyl (C=O) groups excluding carboxylic acids is 1. The molecular weight excluding hydrogens is 436 g/mol. The number of hydrogen-bond acceptors (Lipinski definition) is 6. The van der Waals surface area contributed by atoms with Gasteiger partial charge in [0.15, 0.2) is 0 Å². The highest BCUT2D eigenvalue weighted by Gasteiger charge is 2.25. The molecule has 0 spiro atoms. The van der Waals surface area contributed by atoms with Crippen molar-refractivity contribution in [2.75, 3.05) is 38.2 Å². The molecule has 1 aromatic carbocycles. The number of amides is 1. The minimum Gasteiger partial charge on any atom is -0.497 e. The zero-order chi connectivity index (χ0) is 20.4. The average molecular weight is 457 g/mol. The Morgan fingerprint density at radius 1 is 1.07 bits per heavy atom. The van der Waals surface area contributed by atoms with Crippen molar-refractivity contribution >= 4 is 27.7 Å². The molecule has 150 valence electrons. The molecule has 2 aromatic heterocycles. The molecule has 0 aliphatic carbocycles. The van der Waals surface area contributed by atoms with Crippen LogP contribution in [0.4, 0.5) is 5.82 Å². The number of carbonyl (C=O) groups is 1. The molecule has 3 heterocycles. The van der Waals surface area contributed by atoms with Gasteiger partial charge in [-0.05, 0) is 41.1 Å². The van der Waals surface area contributed by atoms with Crippen molar-refractivity contribution in [2.24, 2.45) is 0 Å². The second-order valence-corrected chi connectivity index (χ2v) is 7.56. The molecule has 0 N–H and O–H groups in total. The number of nitrogens with zero attached hydrogens (tertiary/aromatic N) is 6. The van der Waals surface area contributed by atoms with E-state index in [4.69, 9.17) is 4.74 Å². The SMILES string of the molecule is COc1ccc(Br)c(C(=O)N2CCN(c3cc(-n4ccnc4C)ncn3)CC2)c1. The van der Waals surface area contributed by atoms with Crippen LogP contribution in [0.1, 0.15) is 16.2 Å². The van der Waals surface area contributed by atoms with Crippen LogP contribution in [0, 0.1) is 6.92 Å². The van der Waals surface area contributed by atoms with Crippen molar-refractivity contribution in [2.45, 2.75) is 6.92 Å². The summed E-state index contributed by atoms with van der Waals surface area (Å²) >= 11 is 3.47. The normalized spacial score (nSPS) is 14.2. The summed E-state index contributed by atoms with van der Waals surface area (Å²) in [6.45, 7) is 4.57. The topological polar surface area (TPSA) is 76.4 Å². The van der Waals surface area contributed by atoms with Gasteiger partial charge in [-0.2, -0.15) is 0 Å². The minimum atomic E-state index is -0.00663. The van der Waals surface area contributed by atoms with Crippen molar-refractivity contribution in [3.63, 3.8) is 0 Å². The maximum Gasteiger partial charge on any atom is 0.255 e. The van der Waals surface area contributed by atoms with Crippen LogP contribution in [0.25, 0.3) is 5.82 Å². The number of rotatable bonds is 4. The van der Waals surface area contributed by atoms with E-state index in [2.05, 4.69) is 35.8 Å². The first-order chi connectivity index (χ1) is 14.1. The molecule has 9 heteroatoms. The fourth-order valence-electron chi connectivity index (χ4n) is 3.37. The molecular formula is C20H21BrN6O2. The van der Waals surface area contributed by atoms with Crippen LogP contribution in [0.5, 0.6) is 5.75 Å². The summed E-state index contributed by atoms with van der Waals surface area (Å²) in [7, 11) is 1.59. The monoisotopic (exact) mass is 456 g/mol. The summed E-state index contributed by atoms with van der Waals surface area (Å²) in [5, 5.41) is 0. The van der Waals surface area contributed by atoms with Gasteiger partial charge in [-0.1, -0.05) is 0 Å². The lowest BCUT2D eigenvalue weighted by Gasteiger charge is -2.35. The molecule has 3 aromatic rings. The number of anilines is 1. The molecule has 1 aliphatic heterocycles. The van der Waals surface area contributed by atoms with Crippen LogP contribution in [0.3, 0.4) is 0 Å². The largest absolute Gasteiger partial charge is 0.497 e. The second kappa shape index (κ2) is 8.20. The third-order valence-corrected chi connectivity index (χ3v) is 5.70. The molecule has 1 amide bonds. The Balaban J connectivity index is 1.46. The van der Waals surface area contributed by atoms with Gasteiger partial charge in [0.2, 0.25) is 0 Å². The van der Waals surface area contributed by atoms with Gasteiger partial charge in [0.05, 0.1) is 12.7 Å². The van der Waals surface area contributed by atoms with Gasteiger partial charge in [0.1, 0.15) is 29.5 Å². The molecule has 1 aliphatic rings. The van der Waals surface area contributed by atoms with E-state index in [0.29, 0.717) is 37.5 Å². The van der Waals surface area contributed by atoms with E-state index >= 15 is 0 Å². The first kappa shape index (κ1) is 19.4. The number of aromatic nitrogens is 4. The van der Waals surface area contributed by atoms with Gasteiger partial charge < -0.3 is 14.5 Å². The predicted molar refractivity (Wildman–Crippen MR) is 113 cm³/mol. The van der Waals surface area contributed by atoms with Gasteiger partial charge in [0, 0.05) is 49.1 Å². The lowest BCUT2D eigenvalue weighted by atomic mass is 10.1. The number of hydrogen-bond donors (Lipinski definition) is 0. The van der Waals surface area contributed by atoms with E-state index in [9.17, 15) is 4.79 Å². The first-order valence-corrected chi connectivity index (χ1v) is 10.1. The van der Waals surface area contributed by atoms with E-state index in [1.165, 1.54) is 0 Å². The van der Waals surface area contributed by atoms with Crippen molar-refractivity contribution in [1.82, 2.24) is 24.4 Å². The Morgan fingerprint density at radius 2 is 1.83 bits per heavy atom. The zero-order valence-corrected chi connectivity index (χ0v) is 17.8. The number of ether oxygens (including phenoxy) is 1. The zero-order valence-electron chi connectivity index (χ0n) is 16.2. The maximum absolute atomic E-state index is 13.0. The minimum absolute atomic E-state index is 0.00663. The number of aryl methyl sites for hydroxylation is 1. The average Bonchev–Trinajstić information content (AvgIpc) is 3.20. The van der Waals surface area contributed by atoms with E-state index in [-0.39, 0.29) is 5.91 Å². The molecule has 8 nitrogen and oxygen atoms in total. The van der Waals surface area contributed by atoms with E-state index in [0.717, 1.165) is 21.9 Å². The Labute approximate surface area is 177 Å². The number of methoxy groups -OCH3 is 1. The van der Waals surface area contributed by atoms with Gasteiger partial charge >= 0.3 is 0 Å². The second-order valence-electron chi connectivity index (χ2n) is 6.70. The molecule has 0 saturated carbocycles. The van der Waals surface area contributed by atoms with Gasteiger partial charge in [-0.15, -0.1) is 0 Å². The molecule has 29 heavy (non-hydrogen) atoms. The van der Waals surface area contributed by atoms with Crippen molar-refractivity contribution in [3.05, 3.63) is 58.8 Å². The number of imidazole rings is 1. The van der Waals surface area contributed by atoms with Crippen LogP contribution in [0.15, 0.2) is 47.5 Å². The lowest BCUT2D eigenvalue weighted by molar-refractivity contribution is 0.0745. The number of benzene rings is 1. The standard InChI is InChI=1S/C20H21BrN6O2/c1-14-22-5-6-27(14)19-12-18(23-13-24-19)25-7-9-26(10-8-25)20(28)16-11-15(29-2)3-4-17(16)21/h3-6,11-13H,7-10H2,1-2H3. The highest BCUT2D eigenvalue weighted by molar-refractivity contribution is 9.10. The summed E-state index contributed by atoms with van der Waals surface area (Å²) in [5.41, 5.74) is 0.609. The molecule has 0 bridgehead atoms. The summed E-state index contributed by atoms with van der Waals surface area (Å²) in [6, 6.07) is 7.38. The molecule has 0 radical (unpaired) electrons. The first-order valence-electron chi connectivity index (χ1n) is 9.27. The highest BCUT2D eigenvalue weighted by Crippen LogP contribution is 2.25. The lowest BCUT2D eigenvalue weighted by Crippen LogP contribution is -2.49. The third-order valence-electron chi connectivity index (χ3n) is 5.01. The fourth-order valence-corrected chi connectivity index (χ4v) is 3.78. The molecule has 0 atom stereocenters. The number of piperazine rings is 1. The smallest absolute Gasteiger partial charge is 0.255 e. The van der Waals surface area contributed by atoms with Crippen LogP contribution >= 0.6 is 15.9 Å². The van der Waals surface area contributed by atoms with E-state index < -0.39 is 0 Å². The molecule has 0 unspecified atom stereocenters. The highest BCUT2D eigenvalue weighted by atomic mass is 79.9. The third kappa shape index (κ3) is 3.95. The maximum atomic E-state index is 13.0. The molecule has 4 rings (SSSR count). The van der Waals surface area contributed by atoms with Crippen LogP contribution in [-0.2, 0) is 0 Å². The van der Waals surface area contributed by atoms with Crippen molar-refractivity contribution < 1.29 is 9.53 Å². The van der Waals surface area contributed by atoms with E-state index in [1.54, 1.807) is 25.7 Å². The summed E-state index contributed by atoms with van der Waals surface area (Å²) < 4.78 is 7.94. The number of halogens is 1. The Morgan fingerprint density at radius 3 is 2.52 bits per heavy atom. The van der Waals surface area contributed by atoms with Crippen LogP contribution in [0.2, 0.25) is 0 Å². The molecule has 1 saturated heterocycles. The van der Waals surface area contributed by atoms with E-state index in [1.807, 2.05) is 40.8 Å². The van der Waals surface area contributed by atoms with Crippen molar-refractivity contribution in [1.29, 1.82) is 0 Å². The van der Waals surface area contributed by atoms with Crippen LogP contribution < -0.4 is 9.64 Å². The summed E-state index contributed by atoms with van der Waals surface area (Å²) in [6.07, 6.45) is 5.19. The van der Waals surface area contributed by atoms with Crippen LogP contribution in [-0.4, -0.2) is 63.6 Å². The fraction of sp³-hybridized carbons (Fsp3) is 0.300. The molecule has 1 fully saturated rings. The van der Waals surface area contributed by atoms with Gasteiger partial charge in [0.25, 0.3) is 5.91 Å². The summed E-state index contributed by atoms with van der Waals surface area (Å²) in [5.74, 6) is 3.15. The van der Waals surface area contributed by atoms with Crippen molar-refractivity contribution in [3.8, 4) is 11.6 Å². The van der Waals surface area contributed by atoms with Gasteiger partial charge in [-0.25, -0.2) is 15.0 Å². The summed E-state index contributed by atoms with van der Waals surface area (Å²) in [4.78, 5) is 30.0.